The SMILES string of the molecule is O=[N+]([O-])c1cc(Cl)ccc1NS(=O)(=O)c1cnc(Cl)nc1. The average molecular weight is 349 g/mol. The quantitative estimate of drug-likeness (QED) is 0.515. The molecule has 0 unspecified atom stereocenters. The third kappa shape index (κ3) is 3.57. The predicted molar refractivity (Wildman–Crippen MR) is 76.0 cm³/mol. The molecule has 110 valence electrons. The maximum Gasteiger partial charge on any atom is 0.294 e. The number of nitro groups is 1. The van der Waals surface area contributed by atoms with Crippen molar-refractivity contribution in [2.75, 3.05) is 4.72 Å². The molecule has 0 radical (unpaired) electrons. The fourth-order valence-corrected chi connectivity index (χ4v) is 2.61. The van der Waals surface area contributed by atoms with Gasteiger partial charge in [0, 0.05) is 11.1 Å². The van der Waals surface area contributed by atoms with Crippen molar-refractivity contribution in [3.05, 3.63) is 51.0 Å². The van der Waals surface area contributed by atoms with Crippen molar-refractivity contribution < 1.29 is 13.3 Å². The lowest BCUT2D eigenvalue weighted by Gasteiger charge is -2.08. The maximum absolute atomic E-state index is 12.1. The number of halogens is 2. The molecule has 1 aromatic heterocycles. The summed E-state index contributed by atoms with van der Waals surface area (Å²) in [5.41, 5.74) is -0.694. The minimum Gasteiger partial charge on any atom is -0.273 e. The summed E-state index contributed by atoms with van der Waals surface area (Å²) in [4.78, 5) is 17.0. The van der Waals surface area contributed by atoms with Crippen molar-refractivity contribution in [3.8, 4) is 0 Å². The molecule has 0 aliphatic carbocycles. The van der Waals surface area contributed by atoms with Gasteiger partial charge in [-0.1, -0.05) is 11.6 Å². The van der Waals surface area contributed by atoms with Crippen molar-refractivity contribution in [1.82, 2.24) is 9.97 Å². The summed E-state index contributed by atoms with van der Waals surface area (Å²) < 4.78 is 26.2. The molecule has 0 saturated heterocycles. The first-order valence-electron chi connectivity index (χ1n) is 5.24. The molecule has 0 amide bonds. The van der Waals surface area contributed by atoms with Gasteiger partial charge in [0.05, 0.1) is 17.3 Å². The molecule has 0 aliphatic rings. The van der Waals surface area contributed by atoms with Crippen molar-refractivity contribution >= 4 is 44.6 Å². The largest absolute Gasteiger partial charge is 0.294 e. The Morgan fingerprint density at radius 3 is 2.38 bits per heavy atom. The van der Waals surface area contributed by atoms with Crippen LogP contribution in [0.3, 0.4) is 0 Å². The number of aromatic nitrogens is 2. The van der Waals surface area contributed by atoms with Crippen LogP contribution in [-0.4, -0.2) is 23.3 Å². The van der Waals surface area contributed by atoms with E-state index >= 15 is 0 Å². The molecular formula is C10H6Cl2N4O4S. The zero-order valence-corrected chi connectivity index (χ0v) is 12.4. The van der Waals surface area contributed by atoms with Crippen LogP contribution in [0.25, 0.3) is 0 Å². The van der Waals surface area contributed by atoms with Gasteiger partial charge in [0.2, 0.25) is 5.28 Å². The first-order valence-corrected chi connectivity index (χ1v) is 7.48. The minimum atomic E-state index is -4.08. The van der Waals surface area contributed by atoms with Crippen molar-refractivity contribution in [1.29, 1.82) is 0 Å². The molecule has 11 heteroatoms. The van der Waals surface area contributed by atoms with E-state index in [0.717, 1.165) is 18.5 Å². The van der Waals surface area contributed by atoms with E-state index in [1.807, 2.05) is 0 Å². The molecule has 8 nitrogen and oxygen atoms in total. The Bertz CT molecular complexity index is 795. The fourth-order valence-electron chi connectivity index (χ4n) is 1.39. The number of hydrogen-bond donors (Lipinski definition) is 1. The molecule has 21 heavy (non-hydrogen) atoms. The summed E-state index contributed by atoms with van der Waals surface area (Å²) in [5.74, 6) is 0. The Hall–Kier alpha value is -1.97. The van der Waals surface area contributed by atoms with E-state index in [1.54, 1.807) is 0 Å². The summed E-state index contributed by atoms with van der Waals surface area (Å²) in [6.07, 6.45) is 1.97. The first kappa shape index (κ1) is 15.4. The van der Waals surface area contributed by atoms with Gasteiger partial charge in [-0.3, -0.25) is 14.8 Å². The van der Waals surface area contributed by atoms with E-state index in [4.69, 9.17) is 23.2 Å². The Balaban J connectivity index is 2.41. The minimum absolute atomic E-state index is 0.111. The molecule has 0 fully saturated rings. The Labute approximate surface area is 128 Å². The number of rotatable bonds is 4. The summed E-state index contributed by atoms with van der Waals surface area (Å²) in [6.45, 7) is 0. The monoisotopic (exact) mass is 348 g/mol. The normalized spacial score (nSPS) is 11.1. The molecule has 0 spiro atoms. The molecule has 2 aromatic rings. The van der Waals surface area contributed by atoms with Crippen LogP contribution in [0, 0.1) is 10.1 Å². The summed E-state index contributed by atoms with van der Waals surface area (Å²) >= 11 is 11.1. The van der Waals surface area contributed by atoms with Crippen LogP contribution >= 0.6 is 23.2 Å². The van der Waals surface area contributed by atoms with Gasteiger partial charge >= 0.3 is 0 Å². The first-order chi connectivity index (χ1) is 9.79. The highest BCUT2D eigenvalue weighted by Crippen LogP contribution is 2.29. The van der Waals surface area contributed by atoms with Gasteiger partial charge in [-0.25, -0.2) is 18.4 Å². The number of benzene rings is 1. The van der Waals surface area contributed by atoms with Crippen LogP contribution in [-0.2, 0) is 10.0 Å². The topological polar surface area (TPSA) is 115 Å². The van der Waals surface area contributed by atoms with Crippen molar-refractivity contribution in [2.24, 2.45) is 0 Å². The highest BCUT2D eigenvalue weighted by molar-refractivity contribution is 7.92. The molecule has 2 rings (SSSR count). The lowest BCUT2D eigenvalue weighted by Crippen LogP contribution is -2.14. The van der Waals surface area contributed by atoms with E-state index in [1.165, 1.54) is 12.1 Å². The van der Waals surface area contributed by atoms with Crippen molar-refractivity contribution in [3.63, 3.8) is 0 Å². The van der Waals surface area contributed by atoms with Gasteiger partial charge in [-0.15, -0.1) is 0 Å². The lowest BCUT2D eigenvalue weighted by molar-refractivity contribution is -0.383. The smallest absolute Gasteiger partial charge is 0.273 e. The Kier molecular flexibility index (Phi) is 4.26. The molecule has 0 bridgehead atoms. The van der Waals surface area contributed by atoms with Gasteiger partial charge in [-0.2, -0.15) is 0 Å². The lowest BCUT2D eigenvalue weighted by atomic mass is 10.3. The summed E-state index contributed by atoms with van der Waals surface area (Å²) in [7, 11) is -4.08. The van der Waals surface area contributed by atoms with Crippen LogP contribution in [0.4, 0.5) is 11.4 Å². The number of anilines is 1. The predicted octanol–water partition coefficient (Wildman–Crippen LogP) is 2.49. The van der Waals surface area contributed by atoms with E-state index in [9.17, 15) is 18.5 Å². The van der Waals surface area contributed by atoms with Crippen LogP contribution in [0.15, 0.2) is 35.5 Å². The van der Waals surface area contributed by atoms with E-state index in [2.05, 4.69) is 14.7 Å². The number of hydrogen-bond acceptors (Lipinski definition) is 6. The standard InChI is InChI=1S/C10H6Cl2N4O4S/c11-6-1-2-8(9(3-6)16(17)18)15-21(19,20)7-4-13-10(12)14-5-7/h1-5,15H. The maximum atomic E-state index is 12.1. The number of nitrogens with one attached hydrogen (secondary N) is 1. The van der Waals surface area contributed by atoms with Gasteiger partial charge in [-0.05, 0) is 23.7 Å². The average Bonchev–Trinajstić information content (AvgIpc) is 2.41. The van der Waals surface area contributed by atoms with Gasteiger partial charge in [0.25, 0.3) is 15.7 Å². The third-order valence-corrected chi connectivity index (χ3v) is 4.06. The van der Waals surface area contributed by atoms with E-state index < -0.39 is 20.6 Å². The Morgan fingerprint density at radius 2 is 1.81 bits per heavy atom. The molecular weight excluding hydrogens is 343 g/mol. The zero-order chi connectivity index (χ0) is 15.6. The van der Waals surface area contributed by atoms with Crippen LogP contribution < -0.4 is 4.72 Å². The highest BCUT2D eigenvalue weighted by atomic mass is 35.5. The van der Waals surface area contributed by atoms with Crippen LogP contribution in [0.2, 0.25) is 10.3 Å². The zero-order valence-electron chi connectivity index (χ0n) is 10.0. The van der Waals surface area contributed by atoms with Crippen LogP contribution in [0.5, 0.6) is 0 Å². The van der Waals surface area contributed by atoms with Gasteiger partial charge in [0.15, 0.2) is 0 Å². The highest BCUT2D eigenvalue weighted by Gasteiger charge is 2.21. The number of sulfonamides is 1. The summed E-state index contributed by atoms with van der Waals surface area (Å²) in [5, 5.41) is 10.9. The third-order valence-electron chi connectivity index (χ3n) is 2.31. The van der Waals surface area contributed by atoms with Crippen molar-refractivity contribution in [2.45, 2.75) is 4.90 Å². The second-order valence-corrected chi connectivity index (χ2v) is 6.17. The fraction of sp³-hybridized carbons (Fsp3) is 0. The molecule has 1 N–H and O–H groups in total. The molecule has 0 saturated carbocycles. The van der Waals surface area contributed by atoms with E-state index in [0.29, 0.717) is 0 Å². The molecule has 1 aromatic carbocycles. The molecule has 0 atom stereocenters. The summed E-state index contributed by atoms with van der Waals surface area (Å²) in [6, 6.07) is 3.55. The van der Waals surface area contributed by atoms with Crippen LogP contribution in [0.1, 0.15) is 0 Å². The van der Waals surface area contributed by atoms with E-state index in [-0.39, 0.29) is 20.9 Å². The second-order valence-electron chi connectivity index (χ2n) is 3.71. The number of nitrogens with zero attached hydrogens (tertiary/aromatic N) is 3. The van der Waals surface area contributed by atoms with Gasteiger partial charge < -0.3 is 0 Å². The second kappa shape index (κ2) is 5.80. The number of nitro benzene ring substituents is 1. The molecule has 0 aliphatic heterocycles. The Morgan fingerprint density at radius 1 is 1.19 bits per heavy atom. The van der Waals surface area contributed by atoms with Gasteiger partial charge in [0.1, 0.15) is 10.6 Å². The molecule has 1 heterocycles.